The van der Waals surface area contributed by atoms with Crippen LogP contribution in [0.5, 0.6) is 0 Å². The van der Waals surface area contributed by atoms with Gasteiger partial charge in [0.05, 0.1) is 23.2 Å². The summed E-state index contributed by atoms with van der Waals surface area (Å²) in [5, 5.41) is 8.67. The molecule has 0 radical (unpaired) electrons. The van der Waals surface area contributed by atoms with Crippen molar-refractivity contribution in [2.75, 3.05) is 13.2 Å². The van der Waals surface area contributed by atoms with E-state index in [-0.39, 0.29) is 16.6 Å². The van der Waals surface area contributed by atoms with Crippen molar-refractivity contribution in [3.8, 4) is 0 Å². The number of alkyl halides is 1. The predicted molar refractivity (Wildman–Crippen MR) is 43.8 cm³/mol. The summed E-state index contributed by atoms with van der Waals surface area (Å²) in [4.78, 5) is 0. The van der Waals surface area contributed by atoms with Gasteiger partial charge in [0.1, 0.15) is 0 Å². The van der Waals surface area contributed by atoms with E-state index in [1.54, 1.807) is 0 Å². The Kier molecular flexibility index (Phi) is 2.94. The predicted octanol–water partition coefficient (Wildman–Crippen LogP) is 0.737. The second-order valence-corrected chi connectivity index (χ2v) is 3.52. The van der Waals surface area contributed by atoms with Gasteiger partial charge in [-0.1, -0.05) is 34.7 Å². The van der Waals surface area contributed by atoms with Crippen LogP contribution in [0.1, 0.15) is 0 Å². The standard InChI is InChI=1S/C6H9IO2/c7-5(4-8)6-2-1-3-9-6/h1-2,5-6,8H,3-4H2. The zero-order valence-electron chi connectivity index (χ0n) is 4.96. The molecule has 2 nitrogen and oxygen atoms in total. The van der Waals surface area contributed by atoms with E-state index in [1.807, 2.05) is 12.2 Å². The highest BCUT2D eigenvalue weighted by Crippen LogP contribution is 2.14. The minimum atomic E-state index is 0.135. The SMILES string of the molecule is OCC(I)C1C=CCO1. The van der Waals surface area contributed by atoms with Crippen LogP contribution in [0.2, 0.25) is 0 Å². The third-order valence-electron chi connectivity index (χ3n) is 1.24. The summed E-state index contributed by atoms with van der Waals surface area (Å²) in [7, 11) is 0. The number of halogens is 1. The van der Waals surface area contributed by atoms with Crippen LogP contribution < -0.4 is 0 Å². The molecule has 1 N–H and O–H groups in total. The Labute approximate surface area is 68.0 Å². The Balaban J connectivity index is 2.33. The van der Waals surface area contributed by atoms with Crippen molar-refractivity contribution < 1.29 is 9.84 Å². The van der Waals surface area contributed by atoms with E-state index >= 15 is 0 Å². The van der Waals surface area contributed by atoms with E-state index in [1.165, 1.54) is 0 Å². The zero-order chi connectivity index (χ0) is 6.69. The number of aliphatic hydroxyl groups excluding tert-OH is 1. The number of rotatable bonds is 2. The van der Waals surface area contributed by atoms with Crippen LogP contribution >= 0.6 is 22.6 Å². The van der Waals surface area contributed by atoms with Crippen LogP contribution in [-0.2, 0) is 4.74 Å². The second-order valence-electron chi connectivity index (χ2n) is 1.92. The molecular formula is C6H9IO2. The Morgan fingerprint density at radius 1 is 1.89 bits per heavy atom. The molecule has 1 heterocycles. The summed E-state index contributed by atoms with van der Waals surface area (Å²) in [6.07, 6.45) is 4.11. The molecule has 1 rings (SSSR count). The molecule has 0 aromatic heterocycles. The molecule has 0 bridgehead atoms. The molecule has 0 aromatic rings. The number of hydrogen-bond acceptors (Lipinski definition) is 2. The first-order chi connectivity index (χ1) is 4.34. The lowest BCUT2D eigenvalue weighted by molar-refractivity contribution is 0.112. The van der Waals surface area contributed by atoms with Crippen molar-refractivity contribution in [2.24, 2.45) is 0 Å². The molecule has 9 heavy (non-hydrogen) atoms. The maximum absolute atomic E-state index is 8.67. The molecule has 1 aliphatic heterocycles. The van der Waals surface area contributed by atoms with E-state index < -0.39 is 0 Å². The molecule has 0 aromatic carbocycles. The molecule has 2 unspecified atom stereocenters. The minimum Gasteiger partial charge on any atom is -0.395 e. The summed E-state index contributed by atoms with van der Waals surface area (Å²) < 4.78 is 5.44. The Hall–Kier alpha value is 0.390. The molecule has 2 atom stereocenters. The largest absolute Gasteiger partial charge is 0.395 e. The average molecular weight is 240 g/mol. The average Bonchev–Trinajstić information content (AvgIpc) is 2.37. The van der Waals surface area contributed by atoms with Gasteiger partial charge in [0.15, 0.2) is 0 Å². The molecule has 0 amide bonds. The molecular weight excluding hydrogens is 231 g/mol. The van der Waals surface area contributed by atoms with Gasteiger partial charge in [-0.3, -0.25) is 0 Å². The summed E-state index contributed by atoms with van der Waals surface area (Å²) in [6, 6.07) is 0. The first-order valence-electron chi connectivity index (χ1n) is 2.88. The maximum atomic E-state index is 8.67. The minimum absolute atomic E-state index is 0.135. The Morgan fingerprint density at radius 2 is 2.67 bits per heavy atom. The summed E-state index contributed by atoms with van der Waals surface area (Å²) in [5.74, 6) is 0. The molecule has 0 saturated carbocycles. The third kappa shape index (κ3) is 1.91. The van der Waals surface area contributed by atoms with Gasteiger partial charge in [-0.25, -0.2) is 0 Å². The van der Waals surface area contributed by atoms with E-state index in [0.29, 0.717) is 6.61 Å². The fourth-order valence-corrected chi connectivity index (χ4v) is 1.19. The van der Waals surface area contributed by atoms with Gasteiger partial charge >= 0.3 is 0 Å². The van der Waals surface area contributed by atoms with Gasteiger partial charge in [0.25, 0.3) is 0 Å². The van der Waals surface area contributed by atoms with Crippen molar-refractivity contribution in [1.29, 1.82) is 0 Å². The summed E-state index contributed by atoms with van der Waals surface area (Å²) in [5.41, 5.74) is 0. The van der Waals surface area contributed by atoms with Crippen molar-refractivity contribution in [2.45, 2.75) is 10.0 Å². The van der Waals surface area contributed by atoms with Crippen molar-refractivity contribution in [3.05, 3.63) is 12.2 Å². The normalized spacial score (nSPS) is 28.9. The molecule has 1 aliphatic rings. The Morgan fingerprint density at radius 3 is 3.11 bits per heavy atom. The van der Waals surface area contributed by atoms with Gasteiger partial charge in [-0.05, 0) is 0 Å². The fraction of sp³-hybridized carbons (Fsp3) is 0.667. The Bertz CT molecular complexity index is 114. The van der Waals surface area contributed by atoms with E-state index in [2.05, 4.69) is 22.6 Å². The van der Waals surface area contributed by atoms with Crippen LogP contribution in [0.4, 0.5) is 0 Å². The lowest BCUT2D eigenvalue weighted by Gasteiger charge is -2.11. The highest BCUT2D eigenvalue weighted by molar-refractivity contribution is 14.1. The molecule has 0 fully saturated rings. The maximum Gasteiger partial charge on any atom is 0.0900 e. The van der Waals surface area contributed by atoms with Crippen LogP contribution in [0.15, 0.2) is 12.2 Å². The van der Waals surface area contributed by atoms with Crippen molar-refractivity contribution in [1.82, 2.24) is 0 Å². The van der Waals surface area contributed by atoms with Crippen LogP contribution in [-0.4, -0.2) is 28.3 Å². The number of ether oxygens (including phenoxy) is 1. The van der Waals surface area contributed by atoms with Gasteiger partial charge < -0.3 is 9.84 Å². The fourth-order valence-electron chi connectivity index (χ4n) is 0.741. The molecule has 0 saturated heterocycles. The first kappa shape index (κ1) is 7.50. The molecule has 0 spiro atoms. The van der Waals surface area contributed by atoms with Gasteiger partial charge in [-0.2, -0.15) is 0 Å². The second kappa shape index (κ2) is 3.53. The first-order valence-corrected chi connectivity index (χ1v) is 4.12. The van der Waals surface area contributed by atoms with Crippen LogP contribution in [0, 0.1) is 0 Å². The van der Waals surface area contributed by atoms with Crippen molar-refractivity contribution in [3.63, 3.8) is 0 Å². The number of hydrogen-bond donors (Lipinski definition) is 1. The lowest BCUT2D eigenvalue weighted by atomic mass is 10.3. The van der Waals surface area contributed by atoms with Gasteiger partial charge in [-0.15, -0.1) is 0 Å². The lowest BCUT2D eigenvalue weighted by Crippen LogP contribution is -2.21. The molecule has 52 valence electrons. The summed E-state index contributed by atoms with van der Waals surface area (Å²) >= 11 is 2.18. The highest BCUT2D eigenvalue weighted by Gasteiger charge is 2.17. The van der Waals surface area contributed by atoms with Gasteiger partial charge in [0, 0.05) is 0 Å². The monoisotopic (exact) mass is 240 g/mol. The number of aliphatic hydroxyl groups is 1. The van der Waals surface area contributed by atoms with Crippen molar-refractivity contribution >= 4 is 22.6 Å². The van der Waals surface area contributed by atoms with Gasteiger partial charge in [0.2, 0.25) is 0 Å². The van der Waals surface area contributed by atoms with Crippen LogP contribution in [0.3, 0.4) is 0 Å². The van der Waals surface area contributed by atoms with E-state index in [9.17, 15) is 0 Å². The summed E-state index contributed by atoms with van der Waals surface area (Å²) in [6.45, 7) is 0.889. The topological polar surface area (TPSA) is 29.5 Å². The highest BCUT2D eigenvalue weighted by atomic mass is 127. The molecule has 3 heteroatoms. The van der Waals surface area contributed by atoms with Crippen LogP contribution in [0.25, 0.3) is 0 Å². The smallest absolute Gasteiger partial charge is 0.0900 e. The quantitative estimate of drug-likeness (QED) is 0.438. The zero-order valence-corrected chi connectivity index (χ0v) is 7.11. The van der Waals surface area contributed by atoms with E-state index in [4.69, 9.17) is 9.84 Å². The molecule has 0 aliphatic carbocycles. The third-order valence-corrected chi connectivity index (χ3v) is 2.34. The van der Waals surface area contributed by atoms with E-state index in [0.717, 1.165) is 0 Å².